The molecule has 0 aliphatic heterocycles. The van der Waals surface area contributed by atoms with E-state index in [2.05, 4.69) is 9.97 Å². The van der Waals surface area contributed by atoms with Crippen molar-refractivity contribution in [3.63, 3.8) is 0 Å². The lowest BCUT2D eigenvalue weighted by Crippen LogP contribution is -2.29. The van der Waals surface area contributed by atoms with Gasteiger partial charge in [-0.25, -0.2) is 9.97 Å². The molecular formula is C12H17ClN2O. The van der Waals surface area contributed by atoms with Gasteiger partial charge in [0, 0.05) is 12.8 Å². The monoisotopic (exact) mass is 240 g/mol. The van der Waals surface area contributed by atoms with Crippen molar-refractivity contribution in [2.45, 2.75) is 44.1 Å². The Balaban J connectivity index is 2.30. The van der Waals surface area contributed by atoms with Crippen LogP contribution in [0.25, 0.3) is 0 Å². The third-order valence-corrected chi connectivity index (χ3v) is 3.36. The van der Waals surface area contributed by atoms with Crippen LogP contribution in [0.1, 0.15) is 44.1 Å². The first-order chi connectivity index (χ1) is 7.80. The Morgan fingerprint density at radius 1 is 1.44 bits per heavy atom. The quantitative estimate of drug-likeness (QED) is 0.759. The van der Waals surface area contributed by atoms with Gasteiger partial charge in [-0.15, -0.1) is 11.6 Å². The molecule has 1 aliphatic rings. The number of hydrogen-bond donors (Lipinski definition) is 0. The lowest BCUT2D eigenvalue weighted by molar-refractivity contribution is -0.0458. The van der Waals surface area contributed by atoms with Gasteiger partial charge >= 0.3 is 0 Å². The molecule has 0 unspecified atom stereocenters. The van der Waals surface area contributed by atoms with E-state index in [0.717, 1.165) is 24.4 Å². The Bertz CT molecular complexity index is 351. The molecular weight excluding hydrogens is 224 g/mol. The molecule has 1 aliphatic carbocycles. The molecule has 0 N–H and O–H groups in total. The van der Waals surface area contributed by atoms with Crippen molar-refractivity contribution in [2.24, 2.45) is 0 Å². The summed E-state index contributed by atoms with van der Waals surface area (Å²) < 4.78 is 5.91. The van der Waals surface area contributed by atoms with Crippen LogP contribution in [0.15, 0.2) is 12.3 Å². The van der Waals surface area contributed by atoms with Crippen LogP contribution in [-0.4, -0.2) is 16.6 Å². The summed E-state index contributed by atoms with van der Waals surface area (Å²) >= 11 is 5.80. The highest BCUT2D eigenvalue weighted by Gasteiger charge is 2.39. The first kappa shape index (κ1) is 11.8. The minimum absolute atomic E-state index is 0.253. The molecule has 3 nitrogen and oxygen atoms in total. The minimum Gasteiger partial charge on any atom is -0.367 e. The molecule has 1 fully saturated rings. The smallest absolute Gasteiger partial charge is 0.160 e. The largest absolute Gasteiger partial charge is 0.367 e. The standard InChI is InChI=1S/C12H17ClN2O/c1-2-16-12(6-3-4-7-12)11-14-8-5-10(9-13)15-11/h5,8H,2-4,6-7,9H2,1H3. The van der Waals surface area contributed by atoms with Gasteiger partial charge in [0.2, 0.25) is 0 Å². The topological polar surface area (TPSA) is 35.0 Å². The number of rotatable bonds is 4. The molecule has 0 bridgehead atoms. The third-order valence-electron chi connectivity index (χ3n) is 3.09. The van der Waals surface area contributed by atoms with Crippen molar-refractivity contribution >= 4 is 11.6 Å². The average Bonchev–Trinajstić information content (AvgIpc) is 2.80. The van der Waals surface area contributed by atoms with Crippen LogP contribution in [0, 0.1) is 0 Å². The van der Waals surface area contributed by atoms with Gasteiger partial charge in [-0.1, -0.05) is 0 Å². The average molecular weight is 241 g/mol. The number of aromatic nitrogens is 2. The number of nitrogens with zero attached hydrogens (tertiary/aromatic N) is 2. The Hall–Kier alpha value is -0.670. The molecule has 1 aromatic heterocycles. The summed E-state index contributed by atoms with van der Waals surface area (Å²) in [5.74, 6) is 1.24. The second kappa shape index (κ2) is 5.11. The summed E-state index contributed by atoms with van der Waals surface area (Å²) in [5.41, 5.74) is 0.620. The molecule has 16 heavy (non-hydrogen) atoms. The van der Waals surface area contributed by atoms with Crippen LogP contribution < -0.4 is 0 Å². The van der Waals surface area contributed by atoms with Gasteiger partial charge in [-0.05, 0) is 38.7 Å². The van der Waals surface area contributed by atoms with Crippen LogP contribution in [-0.2, 0) is 16.2 Å². The predicted octanol–water partition coefficient (Wildman–Crippen LogP) is 3.02. The normalized spacial score (nSPS) is 18.9. The molecule has 1 heterocycles. The Kier molecular flexibility index (Phi) is 3.77. The van der Waals surface area contributed by atoms with Gasteiger partial charge < -0.3 is 4.74 Å². The molecule has 0 atom stereocenters. The Morgan fingerprint density at radius 2 is 2.19 bits per heavy atom. The first-order valence-electron chi connectivity index (χ1n) is 5.83. The molecule has 4 heteroatoms. The van der Waals surface area contributed by atoms with E-state index < -0.39 is 0 Å². The number of hydrogen-bond acceptors (Lipinski definition) is 3. The van der Waals surface area contributed by atoms with Crippen molar-refractivity contribution in [1.82, 2.24) is 9.97 Å². The summed E-state index contributed by atoms with van der Waals surface area (Å²) in [6.45, 7) is 2.72. The lowest BCUT2D eigenvalue weighted by Gasteiger charge is -2.27. The van der Waals surface area contributed by atoms with Crippen LogP contribution in [0.4, 0.5) is 0 Å². The second-order valence-corrected chi connectivity index (χ2v) is 4.41. The maximum Gasteiger partial charge on any atom is 0.160 e. The van der Waals surface area contributed by atoms with Crippen LogP contribution in [0.5, 0.6) is 0 Å². The van der Waals surface area contributed by atoms with Gasteiger partial charge in [-0.3, -0.25) is 0 Å². The van der Waals surface area contributed by atoms with Gasteiger partial charge in [0.15, 0.2) is 5.82 Å². The number of halogens is 1. The predicted molar refractivity (Wildman–Crippen MR) is 63.4 cm³/mol. The number of ether oxygens (including phenoxy) is 1. The van der Waals surface area contributed by atoms with Gasteiger partial charge in [0.25, 0.3) is 0 Å². The van der Waals surface area contributed by atoms with Gasteiger partial charge in [0.1, 0.15) is 5.60 Å². The van der Waals surface area contributed by atoms with Crippen LogP contribution >= 0.6 is 11.6 Å². The van der Waals surface area contributed by atoms with Crippen molar-refractivity contribution in [1.29, 1.82) is 0 Å². The van der Waals surface area contributed by atoms with Gasteiger partial charge in [0.05, 0.1) is 11.6 Å². The molecule has 88 valence electrons. The Labute approximate surface area is 101 Å². The van der Waals surface area contributed by atoms with E-state index in [-0.39, 0.29) is 5.60 Å². The fraction of sp³-hybridized carbons (Fsp3) is 0.667. The van der Waals surface area contributed by atoms with Gasteiger partial charge in [-0.2, -0.15) is 0 Å². The third kappa shape index (κ3) is 2.20. The molecule has 0 saturated heterocycles. The van der Waals surface area contributed by atoms with E-state index in [1.807, 2.05) is 13.0 Å². The summed E-state index contributed by atoms with van der Waals surface area (Å²) in [5, 5.41) is 0. The maximum atomic E-state index is 5.91. The van der Waals surface area contributed by atoms with E-state index >= 15 is 0 Å². The lowest BCUT2D eigenvalue weighted by atomic mass is 10.0. The summed E-state index contributed by atoms with van der Waals surface area (Å²) in [6.07, 6.45) is 6.20. The van der Waals surface area contributed by atoms with Crippen LogP contribution in [0.2, 0.25) is 0 Å². The summed E-state index contributed by atoms with van der Waals surface area (Å²) in [6, 6.07) is 1.85. The Morgan fingerprint density at radius 3 is 2.81 bits per heavy atom. The zero-order valence-electron chi connectivity index (χ0n) is 9.58. The highest BCUT2D eigenvalue weighted by molar-refractivity contribution is 6.16. The van der Waals surface area contributed by atoms with Crippen molar-refractivity contribution in [3.8, 4) is 0 Å². The molecule has 0 aromatic carbocycles. The zero-order valence-corrected chi connectivity index (χ0v) is 10.3. The first-order valence-corrected chi connectivity index (χ1v) is 6.36. The van der Waals surface area contributed by atoms with Crippen molar-refractivity contribution in [3.05, 3.63) is 23.8 Å². The zero-order chi connectivity index (χ0) is 11.4. The molecule has 1 saturated carbocycles. The number of alkyl halides is 1. The molecule has 0 spiro atoms. The highest BCUT2D eigenvalue weighted by atomic mass is 35.5. The molecule has 0 amide bonds. The van der Waals surface area contributed by atoms with E-state index in [4.69, 9.17) is 16.3 Å². The van der Waals surface area contributed by atoms with E-state index in [1.54, 1.807) is 6.20 Å². The maximum absolute atomic E-state index is 5.91. The SMILES string of the molecule is CCOC1(c2nccc(CCl)n2)CCCC1. The molecule has 0 radical (unpaired) electrons. The van der Waals surface area contributed by atoms with E-state index in [1.165, 1.54) is 12.8 Å². The van der Waals surface area contributed by atoms with Crippen LogP contribution in [0.3, 0.4) is 0 Å². The van der Waals surface area contributed by atoms with E-state index in [0.29, 0.717) is 12.5 Å². The van der Waals surface area contributed by atoms with Crippen molar-refractivity contribution in [2.75, 3.05) is 6.61 Å². The highest BCUT2D eigenvalue weighted by Crippen LogP contribution is 2.40. The second-order valence-electron chi connectivity index (χ2n) is 4.14. The van der Waals surface area contributed by atoms with E-state index in [9.17, 15) is 0 Å². The summed E-state index contributed by atoms with van der Waals surface area (Å²) in [4.78, 5) is 8.86. The van der Waals surface area contributed by atoms with Crippen molar-refractivity contribution < 1.29 is 4.74 Å². The molecule has 1 aromatic rings. The minimum atomic E-state index is -0.253. The molecule has 2 rings (SSSR count). The fourth-order valence-electron chi connectivity index (χ4n) is 2.34. The fourth-order valence-corrected chi connectivity index (χ4v) is 2.49. The summed E-state index contributed by atoms with van der Waals surface area (Å²) in [7, 11) is 0.